The molecule has 0 heterocycles. The predicted molar refractivity (Wildman–Crippen MR) is 117 cm³/mol. The van der Waals surface area contributed by atoms with Gasteiger partial charge in [-0.25, -0.2) is 8.78 Å². The van der Waals surface area contributed by atoms with Gasteiger partial charge in [-0.15, -0.1) is 0 Å². The lowest BCUT2D eigenvalue weighted by molar-refractivity contribution is 0.399. The van der Waals surface area contributed by atoms with Gasteiger partial charge in [0.2, 0.25) is 0 Å². The molecule has 0 radical (unpaired) electrons. The van der Waals surface area contributed by atoms with E-state index in [1.54, 1.807) is 0 Å². The zero-order valence-electron chi connectivity index (χ0n) is 17.8. The number of hydrogen-bond acceptors (Lipinski definition) is 4. The van der Waals surface area contributed by atoms with Crippen molar-refractivity contribution >= 4 is 0 Å². The number of rotatable bonds is 9. The summed E-state index contributed by atoms with van der Waals surface area (Å²) in [7, 11) is 2.00. The molecule has 0 unspecified atom stereocenters. The van der Waals surface area contributed by atoms with Crippen LogP contribution in [0.5, 0.6) is 0 Å². The maximum absolute atomic E-state index is 13.2. The molecule has 2 rings (SSSR count). The largest absolute Gasteiger partial charge is 0.400 e. The molecule has 1 aliphatic rings. The van der Waals surface area contributed by atoms with Gasteiger partial charge >= 0.3 is 0 Å². The van der Waals surface area contributed by atoms with E-state index in [0.717, 1.165) is 52.6 Å². The fourth-order valence-corrected chi connectivity index (χ4v) is 3.00. The van der Waals surface area contributed by atoms with Crippen LogP contribution in [0.25, 0.3) is 0 Å². The smallest absolute Gasteiger partial charge is 0.126 e. The minimum absolute atomic E-state index is 0.120. The summed E-state index contributed by atoms with van der Waals surface area (Å²) in [5.41, 5.74) is 9.44. The van der Waals surface area contributed by atoms with Crippen LogP contribution >= 0.6 is 0 Å². The Morgan fingerprint density at radius 1 is 1.10 bits per heavy atom. The van der Waals surface area contributed by atoms with Gasteiger partial charge < -0.3 is 21.3 Å². The van der Waals surface area contributed by atoms with Gasteiger partial charge in [0.25, 0.3) is 0 Å². The molecule has 1 aliphatic carbocycles. The third-order valence-electron chi connectivity index (χ3n) is 4.28. The fraction of sp³-hybridized carbons (Fsp3) is 0.478. The molecule has 5 N–H and O–H groups in total. The first-order chi connectivity index (χ1) is 14.1. The van der Waals surface area contributed by atoms with Crippen LogP contribution < -0.4 is 11.1 Å². The van der Waals surface area contributed by atoms with E-state index in [4.69, 9.17) is 15.9 Å². The van der Waals surface area contributed by atoms with Gasteiger partial charge in [-0.3, -0.25) is 0 Å². The molecule has 0 aliphatic heterocycles. The first-order valence-corrected chi connectivity index (χ1v) is 9.92. The molecular formula is C23H36F2N2O2. The van der Waals surface area contributed by atoms with E-state index in [9.17, 15) is 8.78 Å². The fourth-order valence-electron chi connectivity index (χ4n) is 3.00. The third kappa shape index (κ3) is 12.3. The van der Waals surface area contributed by atoms with E-state index < -0.39 is 11.6 Å². The highest BCUT2D eigenvalue weighted by Crippen LogP contribution is 2.16. The standard InChI is InChI=1S/C21H28F2N2.2CH4O/c1-2-4-16-5-3-6-17(8-7-16)15-25-10-9-21(24)13-18-11-19(22)14-20(23)12-18;2*1-2/h3,5-6,8,11-12,14,21,25H,2,4,7,9-10,13,15,24H2,1H3;2*2H,1H3/t21-;;/m1../s1. The van der Waals surface area contributed by atoms with Gasteiger partial charge in [-0.2, -0.15) is 0 Å². The minimum atomic E-state index is -0.552. The second-order valence-electron chi connectivity index (χ2n) is 6.62. The van der Waals surface area contributed by atoms with E-state index >= 15 is 0 Å². The van der Waals surface area contributed by atoms with Crippen molar-refractivity contribution in [1.82, 2.24) is 5.32 Å². The van der Waals surface area contributed by atoms with Crippen molar-refractivity contribution in [1.29, 1.82) is 0 Å². The maximum Gasteiger partial charge on any atom is 0.126 e. The topological polar surface area (TPSA) is 78.5 Å². The molecule has 0 fully saturated rings. The van der Waals surface area contributed by atoms with E-state index in [2.05, 4.69) is 36.5 Å². The second-order valence-corrected chi connectivity index (χ2v) is 6.62. The van der Waals surface area contributed by atoms with Crippen molar-refractivity contribution < 1.29 is 19.0 Å². The summed E-state index contributed by atoms with van der Waals surface area (Å²) in [4.78, 5) is 0. The van der Waals surface area contributed by atoms with Crippen LogP contribution in [0.4, 0.5) is 8.78 Å². The van der Waals surface area contributed by atoms with E-state index in [0.29, 0.717) is 12.0 Å². The summed E-state index contributed by atoms with van der Waals surface area (Å²) in [5, 5.41) is 17.4. The zero-order chi connectivity index (χ0) is 22.1. The molecule has 29 heavy (non-hydrogen) atoms. The SMILES string of the molecule is CCCC1=CC=CC(CNCC[C@@H](N)Cc2cc(F)cc(F)c2)=CC1.CO.CO. The van der Waals surface area contributed by atoms with Crippen molar-refractivity contribution in [3.05, 3.63) is 70.8 Å². The molecule has 0 saturated heterocycles. The molecule has 0 aromatic heterocycles. The Morgan fingerprint density at radius 3 is 2.38 bits per heavy atom. The van der Waals surface area contributed by atoms with Crippen molar-refractivity contribution in [3.63, 3.8) is 0 Å². The second kappa shape index (κ2) is 17.0. The summed E-state index contributed by atoms with van der Waals surface area (Å²) >= 11 is 0. The number of aliphatic hydroxyl groups excluding tert-OH is 2. The average Bonchev–Trinajstić information content (AvgIpc) is 2.93. The van der Waals surface area contributed by atoms with E-state index in [1.807, 2.05) is 0 Å². The molecule has 0 spiro atoms. The van der Waals surface area contributed by atoms with Crippen molar-refractivity contribution in [2.45, 2.75) is 45.1 Å². The molecule has 0 amide bonds. The highest BCUT2D eigenvalue weighted by molar-refractivity contribution is 5.31. The minimum Gasteiger partial charge on any atom is -0.400 e. The summed E-state index contributed by atoms with van der Waals surface area (Å²) in [6.07, 6.45) is 13.3. The molecule has 0 saturated carbocycles. The summed E-state index contributed by atoms with van der Waals surface area (Å²) < 4.78 is 26.4. The highest BCUT2D eigenvalue weighted by atomic mass is 19.1. The Morgan fingerprint density at radius 2 is 1.76 bits per heavy atom. The van der Waals surface area contributed by atoms with Crippen molar-refractivity contribution in [2.75, 3.05) is 27.3 Å². The maximum atomic E-state index is 13.2. The monoisotopic (exact) mass is 410 g/mol. The van der Waals surface area contributed by atoms with Crippen LogP contribution in [0, 0.1) is 11.6 Å². The van der Waals surface area contributed by atoms with Gasteiger partial charge in [0.05, 0.1) is 0 Å². The Balaban J connectivity index is 0.00000184. The lowest BCUT2D eigenvalue weighted by Gasteiger charge is -2.13. The Hall–Kier alpha value is -1.86. The van der Waals surface area contributed by atoms with Gasteiger partial charge in [0.1, 0.15) is 11.6 Å². The Labute approximate surface area is 173 Å². The molecule has 0 bridgehead atoms. The number of aliphatic hydroxyl groups is 2. The molecule has 4 nitrogen and oxygen atoms in total. The molecule has 164 valence electrons. The number of benzene rings is 1. The summed E-state index contributed by atoms with van der Waals surface area (Å²) in [6.45, 7) is 3.79. The predicted octanol–water partition coefficient (Wildman–Crippen LogP) is 3.64. The highest BCUT2D eigenvalue weighted by Gasteiger charge is 2.07. The summed E-state index contributed by atoms with van der Waals surface area (Å²) in [5.74, 6) is -1.10. The number of allylic oxidation sites excluding steroid dienone is 4. The van der Waals surface area contributed by atoms with Crippen LogP contribution in [0.1, 0.15) is 38.2 Å². The van der Waals surface area contributed by atoms with Gasteiger partial charge in [-0.1, -0.05) is 43.2 Å². The number of nitrogens with one attached hydrogen (secondary N) is 1. The van der Waals surface area contributed by atoms with E-state index in [-0.39, 0.29) is 6.04 Å². The number of halogens is 2. The van der Waals surface area contributed by atoms with Crippen LogP contribution in [0.15, 0.2) is 53.6 Å². The van der Waals surface area contributed by atoms with Crippen LogP contribution in [0.3, 0.4) is 0 Å². The molecular weight excluding hydrogens is 374 g/mol. The molecule has 1 aromatic carbocycles. The lowest BCUT2D eigenvalue weighted by atomic mass is 10.0. The number of nitrogens with two attached hydrogens (primary N) is 1. The normalized spacial score (nSPS) is 13.8. The quantitative estimate of drug-likeness (QED) is 0.469. The van der Waals surface area contributed by atoms with Crippen LogP contribution in [-0.4, -0.2) is 43.6 Å². The van der Waals surface area contributed by atoms with Gasteiger partial charge in [0.15, 0.2) is 0 Å². The van der Waals surface area contributed by atoms with Gasteiger partial charge in [0, 0.05) is 32.9 Å². The van der Waals surface area contributed by atoms with Crippen molar-refractivity contribution in [3.8, 4) is 0 Å². The van der Waals surface area contributed by atoms with Crippen LogP contribution in [0.2, 0.25) is 0 Å². The number of hydrogen-bond donors (Lipinski definition) is 4. The summed E-state index contributed by atoms with van der Waals surface area (Å²) in [6, 6.07) is 3.45. The van der Waals surface area contributed by atoms with Crippen molar-refractivity contribution in [2.24, 2.45) is 5.73 Å². The zero-order valence-corrected chi connectivity index (χ0v) is 17.8. The Bertz CT molecular complexity index is 638. The first kappa shape index (κ1) is 27.1. The van der Waals surface area contributed by atoms with E-state index in [1.165, 1.54) is 29.7 Å². The molecule has 1 atom stereocenters. The molecule has 1 aromatic rings. The molecule has 6 heteroatoms. The lowest BCUT2D eigenvalue weighted by Crippen LogP contribution is -2.29. The van der Waals surface area contributed by atoms with Crippen LogP contribution in [-0.2, 0) is 6.42 Å². The third-order valence-corrected chi connectivity index (χ3v) is 4.28. The first-order valence-electron chi connectivity index (χ1n) is 9.92. The van der Waals surface area contributed by atoms with Gasteiger partial charge in [-0.05, 0) is 55.5 Å². The Kier molecular flexibility index (Phi) is 15.9. The average molecular weight is 411 g/mol.